The molecule has 1 fully saturated rings. The summed E-state index contributed by atoms with van der Waals surface area (Å²) in [5.74, 6) is 0.488. The predicted octanol–water partition coefficient (Wildman–Crippen LogP) is 3.88. The average molecular weight is 384 g/mol. The molecule has 1 N–H and O–H groups in total. The molecule has 1 saturated heterocycles. The standard InChI is InChI=1S/C20H24N4O4/c1-3-28-20-16(5-4-10-21-20)22-19(25)15-6-7-17(18(13-15)24(26)27)23-11-8-14(2)9-12-23/h4-7,10,13-14H,3,8-9,11-12H2,1-2H3,(H,22,25). The highest BCUT2D eigenvalue weighted by Gasteiger charge is 2.25. The maximum absolute atomic E-state index is 12.6. The van der Waals surface area contributed by atoms with Crippen LogP contribution in [0.5, 0.6) is 5.88 Å². The van der Waals surface area contributed by atoms with Crippen LogP contribution in [0.4, 0.5) is 17.1 Å². The Morgan fingerprint density at radius 2 is 2.11 bits per heavy atom. The third-order valence-corrected chi connectivity index (χ3v) is 4.86. The molecule has 0 saturated carbocycles. The zero-order valence-corrected chi connectivity index (χ0v) is 16.1. The molecule has 1 aliphatic heterocycles. The second-order valence-corrected chi connectivity index (χ2v) is 6.87. The summed E-state index contributed by atoms with van der Waals surface area (Å²) in [6.07, 6.45) is 3.57. The van der Waals surface area contributed by atoms with Gasteiger partial charge in [-0.25, -0.2) is 4.98 Å². The lowest BCUT2D eigenvalue weighted by Gasteiger charge is -2.31. The highest BCUT2D eigenvalue weighted by atomic mass is 16.6. The fraction of sp³-hybridized carbons (Fsp3) is 0.400. The zero-order valence-electron chi connectivity index (χ0n) is 16.1. The second kappa shape index (κ2) is 8.69. The van der Waals surface area contributed by atoms with Crippen LogP contribution in [0, 0.1) is 16.0 Å². The Kier molecular flexibility index (Phi) is 6.08. The Hall–Kier alpha value is -3.16. The number of hydrogen-bond donors (Lipinski definition) is 1. The van der Waals surface area contributed by atoms with E-state index < -0.39 is 10.8 Å². The molecule has 0 bridgehead atoms. The number of benzene rings is 1. The molecule has 0 aliphatic carbocycles. The van der Waals surface area contributed by atoms with E-state index in [0.717, 1.165) is 25.9 Å². The number of carbonyl (C=O) groups excluding carboxylic acids is 1. The van der Waals surface area contributed by atoms with Crippen LogP contribution in [-0.4, -0.2) is 35.5 Å². The topological polar surface area (TPSA) is 97.6 Å². The third kappa shape index (κ3) is 4.39. The van der Waals surface area contributed by atoms with Gasteiger partial charge in [-0.15, -0.1) is 0 Å². The van der Waals surface area contributed by atoms with Crippen LogP contribution < -0.4 is 15.0 Å². The van der Waals surface area contributed by atoms with E-state index in [2.05, 4.69) is 17.2 Å². The summed E-state index contributed by atoms with van der Waals surface area (Å²) in [6.45, 7) is 5.98. The number of hydrogen-bond acceptors (Lipinski definition) is 6. The fourth-order valence-corrected chi connectivity index (χ4v) is 3.26. The maximum Gasteiger partial charge on any atom is 0.293 e. The van der Waals surface area contributed by atoms with E-state index in [4.69, 9.17) is 4.74 Å². The summed E-state index contributed by atoms with van der Waals surface area (Å²) in [5, 5.41) is 14.3. The highest BCUT2D eigenvalue weighted by molar-refractivity contribution is 6.05. The van der Waals surface area contributed by atoms with Crippen LogP contribution in [0.2, 0.25) is 0 Å². The molecule has 1 aromatic carbocycles. The zero-order chi connectivity index (χ0) is 20.1. The summed E-state index contributed by atoms with van der Waals surface area (Å²) in [7, 11) is 0. The number of ether oxygens (including phenoxy) is 1. The van der Waals surface area contributed by atoms with Gasteiger partial charge < -0.3 is 15.0 Å². The summed E-state index contributed by atoms with van der Waals surface area (Å²) >= 11 is 0. The van der Waals surface area contributed by atoms with Crippen LogP contribution in [0.1, 0.15) is 37.0 Å². The van der Waals surface area contributed by atoms with Crippen molar-refractivity contribution in [2.45, 2.75) is 26.7 Å². The van der Waals surface area contributed by atoms with Gasteiger partial charge in [0.05, 0.1) is 11.5 Å². The minimum absolute atomic E-state index is 0.0570. The van der Waals surface area contributed by atoms with E-state index >= 15 is 0 Å². The first-order chi connectivity index (χ1) is 13.5. The maximum atomic E-state index is 12.6. The van der Waals surface area contributed by atoms with Gasteiger partial charge in [0, 0.05) is 30.9 Å². The molecule has 0 unspecified atom stereocenters. The minimum Gasteiger partial charge on any atom is -0.476 e. The molecule has 3 rings (SSSR count). The largest absolute Gasteiger partial charge is 0.476 e. The number of anilines is 2. The summed E-state index contributed by atoms with van der Waals surface area (Å²) in [5.41, 5.74) is 1.14. The van der Waals surface area contributed by atoms with Gasteiger partial charge in [0.15, 0.2) is 0 Å². The van der Waals surface area contributed by atoms with E-state index in [1.165, 1.54) is 6.07 Å². The Balaban J connectivity index is 1.84. The average Bonchev–Trinajstić information content (AvgIpc) is 2.70. The Labute approximate surface area is 163 Å². The van der Waals surface area contributed by atoms with Crippen molar-refractivity contribution in [3.63, 3.8) is 0 Å². The van der Waals surface area contributed by atoms with Gasteiger partial charge in [0.1, 0.15) is 11.4 Å². The van der Waals surface area contributed by atoms with Gasteiger partial charge >= 0.3 is 0 Å². The first kappa shape index (κ1) is 19.6. The summed E-state index contributed by atoms with van der Waals surface area (Å²) in [4.78, 5) is 29.9. The Morgan fingerprint density at radius 3 is 2.79 bits per heavy atom. The van der Waals surface area contributed by atoms with Gasteiger partial charge in [-0.1, -0.05) is 6.92 Å². The number of aromatic nitrogens is 1. The number of carbonyl (C=O) groups is 1. The normalized spacial score (nSPS) is 14.6. The number of rotatable bonds is 6. The van der Waals surface area contributed by atoms with Crippen molar-refractivity contribution in [2.75, 3.05) is 29.9 Å². The number of nitro groups is 1. The molecule has 1 aromatic heterocycles. The molecule has 8 nitrogen and oxygen atoms in total. The molecule has 2 heterocycles. The van der Waals surface area contributed by atoms with Gasteiger partial charge in [-0.05, 0) is 49.9 Å². The van der Waals surface area contributed by atoms with Gasteiger partial charge in [-0.3, -0.25) is 14.9 Å². The van der Waals surface area contributed by atoms with Crippen molar-refractivity contribution in [1.82, 2.24) is 4.98 Å². The molecule has 2 aromatic rings. The van der Waals surface area contributed by atoms with Crippen LogP contribution >= 0.6 is 0 Å². The van der Waals surface area contributed by atoms with Crippen LogP contribution in [0.25, 0.3) is 0 Å². The molecule has 1 amide bonds. The molecule has 1 aliphatic rings. The molecule has 28 heavy (non-hydrogen) atoms. The van der Waals surface area contributed by atoms with Gasteiger partial charge in [0.25, 0.3) is 11.6 Å². The van der Waals surface area contributed by atoms with Crippen molar-refractivity contribution in [2.24, 2.45) is 5.92 Å². The monoisotopic (exact) mass is 384 g/mol. The van der Waals surface area contributed by atoms with Gasteiger partial charge in [-0.2, -0.15) is 0 Å². The number of nitrogens with one attached hydrogen (secondary N) is 1. The summed E-state index contributed by atoms with van der Waals surface area (Å²) < 4.78 is 5.40. The molecular weight excluding hydrogens is 360 g/mol. The predicted molar refractivity (Wildman–Crippen MR) is 107 cm³/mol. The number of nitrogens with zero attached hydrogens (tertiary/aromatic N) is 3. The number of piperidine rings is 1. The first-order valence-corrected chi connectivity index (χ1v) is 9.42. The van der Waals surface area contributed by atoms with E-state index in [1.54, 1.807) is 30.5 Å². The van der Waals surface area contributed by atoms with Crippen molar-refractivity contribution in [3.05, 3.63) is 52.2 Å². The van der Waals surface area contributed by atoms with E-state index in [0.29, 0.717) is 29.8 Å². The third-order valence-electron chi connectivity index (χ3n) is 4.86. The van der Waals surface area contributed by atoms with Crippen molar-refractivity contribution in [1.29, 1.82) is 0 Å². The lowest BCUT2D eigenvalue weighted by molar-refractivity contribution is -0.384. The highest BCUT2D eigenvalue weighted by Crippen LogP contribution is 2.32. The smallest absolute Gasteiger partial charge is 0.293 e. The molecular formula is C20H24N4O4. The number of nitro benzene ring substituents is 1. The molecule has 0 atom stereocenters. The molecule has 8 heteroatoms. The SMILES string of the molecule is CCOc1ncccc1NC(=O)c1ccc(N2CCC(C)CC2)c([N+](=O)[O-])c1. The number of pyridine rings is 1. The lowest BCUT2D eigenvalue weighted by atomic mass is 9.98. The van der Waals surface area contributed by atoms with Crippen LogP contribution in [-0.2, 0) is 0 Å². The van der Waals surface area contributed by atoms with E-state index in [1.807, 2.05) is 11.8 Å². The summed E-state index contributed by atoms with van der Waals surface area (Å²) in [6, 6.07) is 7.97. The second-order valence-electron chi connectivity index (χ2n) is 6.87. The molecule has 0 radical (unpaired) electrons. The van der Waals surface area contributed by atoms with Crippen LogP contribution in [0.15, 0.2) is 36.5 Å². The van der Waals surface area contributed by atoms with E-state index in [9.17, 15) is 14.9 Å². The molecule has 0 spiro atoms. The number of amides is 1. The van der Waals surface area contributed by atoms with Crippen LogP contribution in [0.3, 0.4) is 0 Å². The first-order valence-electron chi connectivity index (χ1n) is 9.42. The van der Waals surface area contributed by atoms with Crippen molar-refractivity contribution in [3.8, 4) is 5.88 Å². The quantitative estimate of drug-likeness (QED) is 0.600. The van der Waals surface area contributed by atoms with Crippen molar-refractivity contribution < 1.29 is 14.5 Å². The van der Waals surface area contributed by atoms with Crippen molar-refractivity contribution >= 4 is 23.0 Å². The minimum atomic E-state index is -0.448. The fourth-order valence-electron chi connectivity index (χ4n) is 3.26. The Bertz CT molecular complexity index is 863. The Morgan fingerprint density at radius 1 is 1.36 bits per heavy atom. The lowest BCUT2D eigenvalue weighted by Crippen LogP contribution is -2.33. The van der Waals surface area contributed by atoms with E-state index in [-0.39, 0.29) is 11.3 Å². The van der Waals surface area contributed by atoms with Gasteiger partial charge in [0.2, 0.25) is 5.88 Å². The molecule has 148 valence electrons.